The van der Waals surface area contributed by atoms with E-state index in [-0.39, 0.29) is 6.03 Å². The highest BCUT2D eigenvalue weighted by molar-refractivity contribution is 5.90. The van der Waals surface area contributed by atoms with E-state index in [1.165, 1.54) is 25.7 Å². The number of nitrogens with zero attached hydrogens (tertiary/aromatic N) is 2. The van der Waals surface area contributed by atoms with Crippen LogP contribution in [0.5, 0.6) is 5.88 Å². The largest absolute Gasteiger partial charge is 0.480 e. The topological polar surface area (TPSA) is 54.5 Å². The van der Waals surface area contributed by atoms with Gasteiger partial charge in [-0.3, -0.25) is 0 Å². The number of anilines is 1. The quantitative estimate of drug-likeness (QED) is 0.863. The Kier molecular flexibility index (Phi) is 5.21. The Balaban J connectivity index is 1.99. The molecule has 1 fully saturated rings. The molecule has 2 rings (SSSR count). The van der Waals surface area contributed by atoms with Crippen molar-refractivity contribution >= 4 is 11.7 Å². The molecule has 0 aromatic carbocycles. The van der Waals surface area contributed by atoms with E-state index >= 15 is 0 Å². The first kappa shape index (κ1) is 14.6. The summed E-state index contributed by atoms with van der Waals surface area (Å²) >= 11 is 0. The summed E-state index contributed by atoms with van der Waals surface area (Å²) < 4.78 is 5.15. The lowest BCUT2D eigenvalue weighted by molar-refractivity contribution is 0.197. The van der Waals surface area contributed by atoms with Gasteiger partial charge >= 0.3 is 6.03 Å². The number of aromatic nitrogens is 1. The average Bonchev–Trinajstić information content (AvgIpc) is 2.76. The Morgan fingerprint density at radius 3 is 2.70 bits per heavy atom. The Bertz CT molecular complexity index is 442. The zero-order chi connectivity index (χ0) is 14.4. The van der Waals surface area contributed by atoms with E-state index in [1.807, 2.05) is 11.9 Å². The fraction of sp³-hybridized carbons (Fsp3) is 0.600. The molecule has 20 heavy (non-hydrogen) atoms. The minimum absolute atomic E-state index is 0.0943. The Labute approximate surface area is 120 Å². The molecule has 5 nitrogen and oxygen atoms in total. The highest BCUT2D eigenvalue weighted by Crippen LogP contribution is 2.23. The van der Waals surface area contributed by atoms with E-state index in [2.05, 4.69) is 10.3 Å². The number of amides is 2. The van der Waals surface area contributed by atoms with Crippen LogP contribution in [0.1, 0.15) is 38.5 Å². The van der Waals surface area contributed by atoms with Gasteiger partial charge in [-0.15, -0.1) is 0 Å². The lowest BCUT2D eigenvalue weighted by atomic mass is 10.1. The number of rotatable bonds is 3. The van der Waals surface area contributed by atoms with Gasteiger partial charge in [0.15, 0.2) is 0 Å². The lowest BCUT2D eigenvalue weighted by Gasteiger charge is -2.27. The van der Waals surface area contributed by atoms with Gasteiger partial charge < -0.3 is 15.0 Å². The summed E-state index contributed by atoms with van der Waals surface area (Å²) in [6.45, 7) is 0. The molecule has 0 spiro atoms. The smallest absolute Gasteiger partial charge is 0.321 e. The molecule has 0 atom stereocenters. The zero-order valence-corrected chi connectivity index (χ0v) is 12.3. The number of hydrogen-bond acceptors (Lipinski definition) is 3. The van der Waals surface area contributed by atoms with Gasteiger partial charge in [-0.05, 0) is 25.0 Å². The summed E-state index contributed by atoms with van der Waals surface area (Å²) in [5.74, 6) is 0.440. The first-order valence-corrected chi connectivity index (χ1v) is 7.25. The number of pyridine rings is 1. The number of methoxy groups -OCH3 is 1. The van der Waals surface area contributed by atoms with E-state index in [0.717, 1.165) is 12.8 Å². The molecule has 1 aromatic heterocycles. The minimum atomic E-state index is -0.0943. The van der Waals surface area contributed by atoms with Crippen LogP contribution in [0.3, 0.4) is 0 Å². The second-order valence-electron chi connectivity index (χ2n) is 5.25. The van der Waals surface area contributed by atoms with Crippen molar-refractivity contribution in [1.29, 1.82) is 0 Å². The Morgan fingerprint density at radius 1 is 1.35 bits per heavy atom. The molecule has 0 saturated heterocycles. The van der Waals surface area contributed by atoms with Crippen LogP contribution in [0.4, 0.5) is 10.5 Å². The average molecular weight is 277 g/mol. The fourth-order valence-electron chi connectivity index (χ4n) is 2.66. The number of carbonyl (C=O) groups is 1. The van der Waals surface area contributed by atoms with E-state index < -0.39 is 0 Å². The summed E-state index contributed by atoms with van der Waals surface area (Å²) in [4.78, 5) is 18.2. The molecule has 1 heterocycles. The van der Waals surface area contributed by atoms with E-state index in [0.29, 0.717) is 17.6 Å². The van der Waals surface area contributed by atoms with Crippen LogP contribution in [0.15, 0.2) is 18.3 Å². The van der Waals surface area contributed by atoms with Crippen molar-refractivity contribution in [2.24, 2.45) is 0 Å². The van der Waals surface area contributed by atoms with Gasteiger partial charge in [0, 0.05) is 19.3 Å². The molecule has 0 bridgehead atoms. The number of urea groups is 1. The second-order valence-corrected chi connectivity index (χ2v) is 5.25. The fourth-order valence-corrected chi connectivity index (χ4v) is 2.66. The zero-order valence-electron chi connectivity index (χ0n) is 12.3. The summed E-state index contributed by atoms with van der Waals surface area (Å²) in [6, 6.07) is 3.82. The standard InChI is InChI=1S/C15H23N3O2/c1-18(12-8-5-3-4-6-9-12)15(19)17-13-10-7-11-16-14(13)20-2/h7,10-12H,3-6,8-9H2,1-2H3,(H,17,19). The molecule has 1 aliphatic carbocycles. The van der Waals surface area contributed by atoms with Crippen LogP contribution in [0, 0.1) is 0 Å². The predicted octanol–water partition coefficient (Wildman–Crippen LogP) is 3.28. The van der Waals surface area contributed by atoms with Crippen LogP contribution in [0.2, 0.25) is 0 Å². The maximum absolute atomic E-state index is 12.3. The van der Waals surface area contributed by atoms with Crippen molar-refractivity contribution in [3.05, 3.63) is 18.3 Å². The highest BCUT2D eigenvalue weighted by Gasteiger charge is 2.21. The predicted molar refractivity (Wildman–Crippen MR) is 79.1 cm³/mol. The molecule has 1 saturated carbocycles. The number of ether oxygens (including phenoxy) is 1. The van der Waals surface area contributed by atoms with Crippen molar-refractivity contribution < 1.29 is 9.53 Å². The molecule has 2 amide bonds. The monoisotopic (exact) mass is 277 g/mol. The van der Waals surface area contributed by atoms with Crippen LogP contribution >= 0.6 is 0 Å². The third kappa shape index (κ3) is 3.62. The van der Waals surface area contributed by atoms with Gasteiger partial charge in [0.2, 0.25) is 5.88 Å². The maximum atomic E-state index is 12.3. The molecule has 0 unspecified atom stereocenters. The van der Waals surface area contributed by atoms with Gasteiger partial charge in [-0.2, -0.15) is 0 Å². The van der Waals surface area contributed by atoms with Crippen LogP contribution < -0.4 is 10.1 Å². The maximum Gasteiger partial charge on any atom is 0.321 e. The number of hydrogen-bond donors (Lipinski definition) is 1. The Morgan fingerprint density at radius 2 is 2.05 bits per heavy atom. The third-order valence-corrected chi connectivity index (χ3v) is 3.90. The van der Waals surface area contributed by atoms with Crippen LogP contribution in [-0.4, -0.2) is 36.1 Å². The summed E-state index contributed by atoms with van der Waals surface area (Å²) in [5.41, 5.74) is 0.612. The van der Waals surface area contributed by atoms with Gasteiger partial charge in [-0.1, -0.05) is 25.7 Å². The van der Waals surface area contributed by atoms with Crippen molar-refractivity contribution in [3.8, 4) is 5.88 Å². The first-order chi connectivity index (χ1) is 9.72. The molecule has 0 aliphatic heterocycles. The lowest BCUT2D eigenvalue weighted by Crippen LogP contribution is -2.39. The first-order valence-electron chi connectivity index (χ1n) is 7.25. The molecular formula is C15H23N3O2. The molecular weight excluding hydrogens is 254 g/mol. The van der Waals surface area contributed by atoms with E-state index in [9.17, 15) is 4.79 Å². The molecule has 1 N–H and O–H groups in total. The summed E-state index contributed by atoms with van der Waals surface area (Å²) in [6.07, 6.45) is 8.80. The van der Waals surface area contributed by atoms with Crippen molar-refractivity contribution in [3.63, 3.8) is 0 Å². The summed E-state index contributed by atoms with van der Waals surface area (Å²) in [5, 5.41) is 2.88. The van der Waals surface area contributed by atoms with E-state index in [1.54, 1.807) is 25.4 Å². The van der Waals surface area contributed by atoms with Gasteiger partial charge in [0.25, 0.3) is 0 Å². The van der Waals surface area contributed by atoms with Crippen molar-refractivity contribution in [1.82, 2.24) is 9.88 Å². The van der Waals surface area contributed by atoms with Crippen molar-refractivity contribution in [2.45, 2.75) is 44.6 Å². The van der Waals surface area contributed by atoms with Crippen LogP contribution in [-0.2, 0) is 0 Å². The molecule has 1 aromatic rings. The normalized spacial score (nSPS) is 16.3. The molecule has 5 heteroatoms. The minimum Gasteiger partial charge on any atom is -0.480 e. The van der Waals surface area contributed by atoms with Crippen molar-refractivity contribution in [2.75, 3.05) is 19.5 Å². The SMILES string of the molecule is COc1ncccc1NC(=O)N(C)C1CCCCCC1. The highest BCUT2D eigenvalue weighted by atomic mass is 16.5. The third-order valence-electron chi connectivity index (χ3n) is 3.90. The van der Waals surface area contributed by atoms with Crippen LogP contribution in [0.25, 0.3) is 0 Å². The molecule has 1 aliphatic rings. The van der Waals surface area contributed by atoms with Gasteiger partial charge in [0.05, 0.1) is 7.11 Å². The summed E-state index contributed by atoms with van der Waals surface area (Å²) in [7, 11) is 3.42. The Hall–Kier alpha value is -1.78. The molecule has 110 valence electrons. The number of nitrogens with one attached hydrogen (secondary N) is 1. The van der Waals surface area contributed by atoms with Gasteiger partial charge in [-0.25, -0.2) is 9.78 Å². The second kappa shape index (κ2) is 7.12. The molecule has 0 radical (unpaired) electrons. The van der Waals surface area contributed by atoms with E-state index in [4.69, 9.17) is 4.74 Å². The number of carbonyl (C=O) groups excluding carboxylic acids is 1. The van der Waals surface area contributed by atoms with Gasteiger partial charge in [0.1, 0.15) is 5.69 Å².